The van der Waals surface area contributed by atoms with E-state index in [9.17, 15) is 13.2 Å². The molecule has 0 saturated carbocycles. The Labute approximate surface area is 158 Å². The molecule has 0 aromatic heterocycles. The highest BCUT2D eigenvalue weighted by atomic mass is 35.5. The minimum Gasteiger partial charge on any atom is -0.494 e. The van der Waals surface area contributed by atoms with Crippen molar-refractivity contribution in [3.8, 4) is 5.75 Å². The molecule has 0 radical (unpaired) electrons. The van der Waals surface area contributed by atoms with Crippen LogP contribution in [0.3, 0.4) is 0 Å². The summed E-state index contributed by atoms with van der Waals surface area (Å²) in [6.07, 6.45) is 0. The number of rotatable bonds is 7. The summed E-state index contributed by atoms with van der Waals surface area (Å²) in [6, 6.07) is 10.6. The van der Waals surface area contributed by atoms with Gasteiger partial charge in [0, 0.05) is 6.54 Å². The van der Waals surface area contributed by atoms with Crippen LogP contribution in [0.15, 0.2) is 47.4 Å². The van der Waals surface area contributed by atoms with Crippen LogP contribution in [-0.2, 0) is 14.8 Å². The molecule has 140 valence electrons. The molecule has 0 atom stereocenters. The van der Waals surface area contributed by atoms with Gasteiger partial charge < -0.3 is 9.47 Å². The Hall–Kier alpha value is -2.25. The maximum atomic E-state index is 13.0. The van der Waals surface area contributed by atoms with E-state index >= 15 is 0 Å². The van der Waals surface area contributed by atoms with Gasteiger partial charge in [-0.05, 0) is 56.3 Å². The smallest absolute Gasteiger partial charge is 0.339 e. The normalized spacial score (nSPS) is 11.1. The highest BCUT2D eigenvalue weighted by Crippen LogP contribution is 2.29. The summed E-state index contributed by atoms with van der Waals surface area (Å²) in [5.74, 6) is -0.0414. The average molecular weight is 398 g/mol. The van der Waals surface area contributed by atoms with Crippen molar-refractivity contribution in [3.63, 3.8) is 0 Å². The fourth-order valence-electron chi connectivity index (χ4n) is 2.43. The summed E-state index contributed by atoms with van der Waals surface area (Å²) < 4.78 is 37.2. The van der Waals surface area contributed by atoms with Crippen LogP contribution in [0.25, 0.3) is 0 Å². The summed E-state index contributed by atoms with van der Waals surface area (Å²) in [7, 11) is -2.58. The minimum atomic E-state index is -3.82. The van der Waals surface area contributed by atoms with Gasteiger partial charge in [0.25, 0.3) is 10.0 Å². The van der Waals surface area contributed by atoms with Crippen molar-refractivity contribution >= 4 is 33.3 Å². The molecule has 0 N–H and O–H groups in total. The molecule has 2 aromatic carbocycles. The van der Waals surface area contributed by atoms with Gasteiger partial charge in [-0.3, -0.25) is 4.31 Å². The molecule has 0 fully saturated rings. The third kappa shape index (κ3) is 4.11. The van der Waals surface area contributed by atoms with Crippen LogP contribution in [-0.4, -0.2) is 34.6 Å². The molecular weight excluding hydrogens is 378 g/mol. The molecule has 0 bridgehead atoms. The molecule has 0 heterocycles. The summed E-state index contributed by atoms with van der Waals surface area (Å²) >= 11 is 6.01. The van der Waals surface area contributed by atoms with Crippen LogP contribution in [0, 0.1) is 0 Å². The number of halogens is 1. The van der Waals surface area contributed by atoms with E-state index < -0.39 is 16.0 Å². The topological polar surface area (TPSA) is 72.9 Å². The number of nitrogens with zero attached hydrogens (tertiary/aromatic N) is 1. The summed E-state index contributed by atoms with van der Waals surface area (Å²) in [5, 5.41) is 0.190. The molecule has 0 aliphatic heterocycles. The van der Waals surface area contributed by atoms with Crippen LogP contribution < -0.4 is 9.04 Å². The lowest BCUT2D eigenvalue weighted by Gasteiger charge is -2.23. The van der Waals surface area contributed by atoms with Crippen LogP contribution >= 0.6 is 11.6 Å². The van der Waals surface area contributed by atoms with Crippen molar-refractivity contribution in [2.45, 2.75) is 18.7 Å². The lowest BCUT2D eigenvalue weighted by Crippen LogP contribution is -2.31. The van der Waals surface area contributed by atoms with Crippen molar-refractivity contribution in [3.05, 3.63) is 53.1 Å². The van der Waals surface area contributed by atoms with Gasteiger partial charge in [-0.15, -0.1) is 0 Å². The standard InChI is InChI=1S/C18H20ClNO5S/c1-4-20(13-6-11-17(19)16(12-13)18(21)24-3)26(22,23)15-9-7-14(8-10-15)25-5-2/h6-12H,4-5H2,1-3H3. The molecule has 0 unspecified atom stereocenters. The van der Waals surface area contributed by atoms with Crippen molar-refractivity contribution in [1.82, 2.24) is 0 Å². The van der Waals surface area contributed by atoms with E-state index in [1.807, 2.05) is 6.92 Å². The van der Waals surface area contributed by atoms with Gasteiger partial charge in [-0.1, -0.05) is 11.6 Å². The molecule has 2 aromatic rings. The highest BCUT2D eigenvalue weighted by molar-refractivity contribution is 7.92. The predicted octanol–water partition coefficient (Wildman–Crippen LogP) is 3.74. The van der Waals surface area contributed by atoms with Gasteiger partial charge >= 0.3 is 5.97 Å². The number of ether oxygens (including phenoxy) is 2. The summed E-state index contributed by atoms with van der Waals surface area (Å²) in [6.45, 7) is 4.23. The fraction of sp³-hybridized carbons (Fsp3) is 0.278. The lowest BCUT2D eigenvalue weighted by molar-refractivity contribution is 0.0601. The van der Waals surface area contributed by atoms with E-state index in [0.29, 0.717) is 18.0 Å². The van der Waals surface area contributed by atoms with Gasteiger partial charge in [-0.25, -0.2) is 13.2 Å². The zero-order valence-corrected chi connectivity index (χ0v) is 16.3. The molecule has 6 nitrogen and oxygen atoms in total. The Bertz CT molecular complexity index is 881. The number of sulfonamides is 1. The molecule has 26 heavy (non-hydrogen) atoms. The molecule has 0 aliphatic carbocycles. The number of carbonyl (C=O) groups is 1. The number of hydrogen-bond donors (Lipinski definition) is 0. The number of methoxy groups -OCH3 is 1. The second-order valence-corrected chi connectivity index (χ2v) is 7.50. The number of carbonyl (C=O) groups excluding carboxylic acids is 1. The first kappa shape index (κ1) is 20.1. The van der Waals surface area contributed by atoms with Gasteiger partial charge in [0.1, 0.15) is 5.75 Å². The monoisotopic (exact) mass is 397 g/mol. The number of esters is 1. The Kier molecular flexibility index (Phi) is 6.50. The van der Waals surface area contributed by atoms with Crippen LogP contribution in [0.1, 0.15) is 24.2 Å². The first-order chi connectivity index (χ1) is 12.3. The van der Waals surface area contributed by atoms with Gasteiger partial charge in [0.15, 0.2) is 0 Å². The Balaban J connectivity index is 2.45. The fourth-order valence-corrected chi connectivity index (χ4v) is 4.09. The first-order valence-corrected chi connectivity index (χ1v) is 9.80. The predicted molar refractivity (Wildman–Crippen MR) is 101 cm³/mol. The van der Waals surface area contributed by atoms with Gasteiger partial charge in [-0.2, -0.15) is 0 Å². The molecule has 0 amide bonds. The minimum absolute atomic E-state index is 0.104. The molecule has 8 heteroatoms. The van der Waals surface area contributed by atoms with E-state index in [-0.39, 0.29) is 22.0 Å². The summed E-state index contributed by atoms with van der Waals surface area (Å²) in [5.41, 5.74) is 0.429. The lowest BCUT2D eigenvalue weighted by atomic mass is 10.2. The Morgan fingerprint density at radius 1 is 1.12 bits per heavy atom. The van der Waals surface area contributed by atoms with Crippen LogP contribution in [0.5, 0.6) is 5.75 Å². The van der Waals surface area contributed by atoms with Gasteiger partial charge in [0.05, 0.1) is 34.9 Å². The van der Waals surface area contributed by atoms with Crippen molar-refractivity contribution in [2.75, 3.05) is 24.6 Å². The molecule has 2 rings (SSSR count). The zero-order valence-electron chi connectivity index (χ0n) is 14.7. The Morgan fingerprint density at radius 3 is 2.31 bits per heavy atom. The molecule has 0 aliphatic rings. The van der Waals surface area contributed by atoms with Crippen molar-refractivity contribution < 1.29 is 22.7 Å². The second kappa shape index (κ2) is 8.42. The number of anilines is 1. The van der Waals surface area contributed by atoms with Crippen molar-refractivity contribution in [1.29, 1.82) is 0 Å². The molecule has 0 saturated heterocycles. The van der Waals surface area contributed by atoms with Crippen LogP contribution in [0.2, 0.25) is 5.02 Å². The Morgan fingerprint density at radius 2 is 1.77 bits per heavy atom. The SMILES string of the molecule is CCOc1ccc(S(=O)(=O)N(CC)c2ccc(Cl)c(C(=O)OC)c2)cc1. The third-order valence-corrected chi connectivity index (χ3v) is 5.90. The van der Waals surface area contributed by atoms with Gasteiger partial charge in [0.2, 0.25) is 0 Å². The van der Waals surface area contributed by atoms with E-state index in [0.717, 1.165) is 0 Å². The third-order valence-electron chi connectivity index (χ3n) is 3.65. The average Bonchev–Trinajstić information content (AvgIpc) is 2.63. The molecule has 0 spiro atoms. The van der Waals surface area contributed by atoms with E-state index in [4.69, 9.17) is 16.3 Å². The first-order valence-electron chi connectivity index (χ1n) is 7.98. The summed E-state index contributed by atoms with van der Waals surface area (Å²) in [4.78, 5) is 12.0. The van der Waals surface area contributed by atoms with Crippen LogP contribution in [0.4, 0.5) is 5.69 Å². The van der Waals surface area contributed by atoms with E-state index in [2.05, 4.69) is 4.74 Å². The second-order valence-electron chi connectivity index (χ2n) is 5.23. The molecular formula is C18H20ClNO5S. The zero-order chi connectivity index (χ0) is 19.3. The van der Waals surface area contributed by atoms with E-state index in [1.165, 1.54) is 35.7 Å². The maximum Gasteiger partial charge on any atom is 0.339 e. The van der Waals surface area contributed by atoms with Crippen molar-refractivity contribution in [2.24, 2.45) is 0 Å². The van der Waals surface area contributed by atoms with E-state index in [1.54, 1.807) is 25.1 Å². The highest BCUT2D eigenvalue weighted by Gasteiger charge is 2.25. The number of benzene rings is 2. The quantitative estimate of drug-likeness (QED) is 0.665. The largest absolute Gasteiger partial charge is 0.494 e. The maximum absolute atomic E-state index is 13.0. The number of hydrogen-bond acceptors (Lipinski definition) is 5.